The number of alkyl halides is 2. The number of halogens is 2. The van der Waals surface area contributed by atoms with Gasteiger partial charge in [-0.25, -0.2) is 0 Å². The van der Waals surface area contributed by atoms with Gasteiger partial charge in [-0.2, -0.15) is 8.78 Å². The number of nitro groups is 1. The minimum Gasteiger partial charge on any atom is -0.427 e. The lowest BCUT2D eigenvalue weighted by atomic mass is 10.1. The molecule has 0 heterocycles. The third kappa shape index (κ3) is 2.84. The van der Waals surface area contributed by atoms with E-state index in [0.717, 1.165) is 19.1 Å². The molecule has 0 aliphatic carbocycles. The summed E-state index contributed by atoms with van der Waals surface area (Å²) >= 11 is 0. The summed E-state index contributed by atoms with van der Waals surface area (Å²) in [6, 6.07) is 1.72. The molecule has 6 nitrogen and oxygen atoms in total. The first-order chi connectivity index (χ1) is 8.36. The van der Waals surface area contributed by atoms with Crippen LogP contribution in [0, 0.1) is 10.1 Å². The van der Waals surface area contributed by atoms with Gasteiger partial charge in [-0.1, -0.05) is 0 Å². The molecule has 1 aromatic carbocycles. The topological polar surface area (TPSA) is 86.5 Å². The third-order valence-electron chi connectivity index (χ3n) is 2.01. The van der Waals surface area contributed by atoms with Gasteiger partial charge in [-0.15, -0.1) is 0 Å². The molecule has 0 N–H and O–H groups in total. The third-order valence-corrected chi connectivity index (χ3v) is 2.01. The van der Waals surface area contributed by atoms with Gasteiger partial charge in [0.15, 0.2) is 5.78 Å². The van der Waals surface area contributed by atoms with E-state index in [1.54, 1.807) is 0 Å². The van der Waals surface area contributed by atoms with Crippen molar-refractivity contribution < 1.29 is 28.0 Å². The Bertz CT molecular complexity index is 480. The zero-order valence-corrected chi connectivity index (χ0v) is 9.05. The molecule has 0 aromatic heterocycles. The molecule has 0 atom stereocenters. The maximum absolute atomic E-state index is 12.2. The Morgan fingerprint density at radius 1 is 1.50 bits per heavy atom. The predicted octanol–water partition coefficient (Wildman–Crippen LogP) is 2.21. The molecular formula is C10H7F2NO5. The van der Waals surface area contributed by atoms with Crippen molar-refractivity contribution in [2.45, 2.75) is 13.5 Å². The van der Waals surface area contributed by atoms with Gasteiger partial charge < -0.3 is 4.74 Å². The summed E-state index contributed by atoms with van der Waals surface area (Å²) in [6.07, 6.45) is 0.269. The van der Waals surface area contributed by atoms with Crippen molar-refractivity contribution in [3.05, 3.63) is 33.4 Å². The van der Waals surface area contributed by atoms with Crippen LogP contribution in [0.2, 0.25) is 0 Å². The van der Waals surface area contributed by atoms with Gasteiger partial charge in [0.2, 0.25) is 5.75 Å². The van der Waals surface area contributed by atoms with Gasteiger partial charge in [0.05, 0.1) is 10.5 Å². The molecule has 0 radical (unpaired) electrons. The number of nitro benzene ring substituents is 1. The van der Waals surface area contributed by atoms with Crippen LogP contribution in [0.3, 0.4) is 0 Å². The van der Waals surface area contributed by atoms with Crippen LogP contribution in [0.5, 0.6) is 5.75 Å². The minimum absolute atomic E-state index is 0.173. The highest BCUT2D eigenvalue weighted by molar-refractivity contribution is 6.00. The average Bonchev–Trinajstić information content (AvgIpc) is 2.27. The summed E-state index contributed by atoms with van der Waals surface area (Å²) in [6.45, 7) is -2.30. The highest BCUT2D eigenvalue weighted by atomic mass is 19.3. The summed E-state index contributed by atoms with van der Waals surface area (Å²) in [7, 11) is 0. The van der Waals surface area contributed by atoms with Crippen LogP contribution < -0.4 is 4.74 Å². The average molecular weight is 259 g/mol. The van der Waals surface area contributed by atoms with E-state index in [4.69, 9.17) is 0 Å². The van der Waals surface area contributed by atoms with Crippen molar-refractivity contribution in [3.63, 3.8) is 0 Å². The van der Waals surface area contributed by atoms with E-state index in [1.165, 1.54) is 0 Å². The Kier molecular flexibility index (Phi) is 4.03. The number of ketones is 1. The van der Waals surface area contributed by atoms with E-state index < -0.39 is 34.3 Å². The zero-order valence-electron chi connectivity index (χ0n) is 9.05. The standard InChI is InChI=1S/C10H7F2NO5/c1-5(15)7-2-6(4-14)3-8(13(16)17)9(7)18-10(11)12/h2-4,10H,1H3. The van der Waals surface area contributed by atoms with E-state index in [0.29, 0.717) is 0 Å². The number of hydrogen-bond acceptors (Lipinski definition) is 5. The molecule has 0 aliphatic rings. The van der Waals surface area contributed by atoms with Crippen molar-refractivity contribution in [1.29, 1.82) is 0 Å². The normalized spacial score (nSPS) is 10.2. The Hall–Kier alpha value is -2.38. The molecule has 0 saturated heterocycles. The van der Waals surface area contributed by atoms with Crippen LogP contribution in [0.4, 0.5) is 14.5 Å². The SMILES string of the molecule is CC(=O)c1cc(C=O)cc([N+](=O)[O-])c1OC(F)F. The largest absolute Gasteiger partial charge is 0.427 e. The summed E-state index contributed by atoms with van der Waals surface area (Å²) in [5, 5.41) is 10.7. The summed E-state index contributed by atoms with van der Waals surface area (Å²) < 4.78 is 28.3. The second-order valence-corrected chi connectivity index (χ2v) is 3.23. The quantitative estimate of drug-likeness (QED) is 0.350. The number of carbonyl (C=O) groups is 2. The molecular weight excluding hydrogens is 252 g/mol. The van der Waals surface area contributed by atoms with Crippen LogP contribution in [0.25, 0.3) is 0 Å². The summed E-state index contributed by atoms with van der Waals surface area (Å²) in [4.78, 5) is 31.5. The predicted molar refractivity (Wildman–Crippen MR) is 55.1 cm³/mol. The second kappa shape index (κ2) is 5.30. The van der Waals surface area contributed by atoms with Crippen molar-refractivity contribution in [2.24, 2.45) is 0 Å². The molecule has 0 fully saturated rings. The molecule has 0 saturated carbocycles. The van der Waals surface area contributed by atoms with E-state index >= 15 is 0 Å². The highest BCUT2D eigenvalue weighted by Gasteiger charge is 2.25. The number of aldehydes is 1. The lowest BCUT2D eigenvalue weighted by Gasteiger charge is -2.09. The van der Waals surface area contributed by atoms with Crippen molar-refractivity contribution >= 4 is 17.8 Å². The van der Waals surface area contributed by atoms with Crippen LogP contribution >= 0.6 is 0 Å². The number of rotatable bonds is 5. The van der Waals surface area contributed by atoms with Gasteiger partial charge in [0.1, 0.15) is 6.29 Å². The molecule has 18 heavy (non-hydrogen) atoms. The Morgan fingerprint density at radius 3 is 2.50 bits per heavy atom. The van der Waals surface area contributed by atoms with Gasteiger partial charge >= 0.3 is 12.3 Å². The first-order valence-electron chi connectivity index (χ1n) is 4.60. The molecule has 0 amide bonds. The van der Waals surface area contributed by atoms with E-state index in [1.807, 2.05) is 0 Å². The number of carbonyl (C=O) groups excluding carboxylic acids is 2. The molecule has 1 aromatic rings. The lowest BCUT2D eigenvalue weighted by molar-refractivity contribution is -0.386. The molecule has 0 bridgehead atoms. The fraction of sp³-hybridized carbons (Fsp3) is 0.200. The van der Waals surface area contributed by atoms with Crippen LogP contribution in [0.15, 0.2) is 12.1 Å². The minimum atomic E-state index is -3.32. The number of ether oxygens (including phenoxy) is 1. The zero-order chi connectivity index (χ0) is 13.9. The van der Waals surface area contributed by atoms with Gasteiger partial charge in [-0.05, 0) is 13.0 Å². The summed E-state index contributed by atoms with van der Waals surface area (Å²) in [5.74, 6) is -1.56. The molecule has 1 rings (SSSR count). The van der Waals surface area contributed by atoms with Crippen molar-refractivity contribution in [2.75, 3.05) is 0 Å². The smallest absolute Gasteiger partial charge is 0.387 e. The fourth-order valence-corrected chi connectivity index (χ4v) is 1.31. The monoisotopic (exact) mass is 259 g/mol. The molecule has 8 heteroatoms. The van der Waals surface area contributed by atoms with Gasteiger partial charge in [0, 0.05) is 11.6 Å². The molecule has 0 aliphatic heterocycles. The van der Waals surface area contributed by atoms with Crippen LogP contribution in [-0.4, -0.2) is 23.6 Å². The number of hydrogen-bond donors (Lipinski definition) is 0. The number of benzene rings is 1. The lowest BCUT2D eigenvalue weighted by Crippen LogP contribution is -2.09. The van der Waals surface area contributed by atoms with Gasteiger partial charge in [-0.3, -0.25) is 19.7 Å². The summed E-state index contributed by atoms with van der Waals surface area (Å²) in [5.41, 5.74) is -1.47. The first-order valence-corrected chi connectivity index (χ1v) is 4.60. The Morgan fingerprint density at radius 2 is 2.11 bits per heavy atom. The van der Waals surface area contributed by atoms with E-state index in [9.17, 15) is 28.5 Å². The number of nitrogens with zero attached hydrogens (tertiary/aromatic N) is 1. The molecule has 96 valence electrons. The maximum Gasteiger partial charge on any atom is 0.387 e. The van der Waals surface area contributed by atoms with Crippen molar-refractivity contribution in [3.8, 4) is 5.75 Å². The fourth-order valence-electron chi connectivity index (χ4n) is 1.31. The molecule has 0 unspecified atom stereocenters. The van der Waals surface area contributed by atoms with Crippen LogP contribution in [0.1, 0.15) is 27.6 Å². The molecule has 0 spiro atoms. The van der Waals surface area contributed by atoms with Gasteiger partial charge in [0.25, 0.3) is 0 Å². The maximum atomic E-state index is 12.2. The first kappa shape index (κ1) is 13.7. The van der Waals surface area contributed by atoms with Crippen LogP contribution in [-0.2, 0) is 0 Å². The Balaban J connectivity index is 3.54. The van der Waals surface area contributed by atoms with E-state index in [2.05, 4.69) is 4.74 Å². The second-order valence-electron chi connectivity index (χ2n) is 3.23. The Labute approximate surface area is 99.3 Å². The van der Waals surface area contributed by atoms with Crippen molar-refractivity contribution in [1.82, 2.24) is 0 Å². The highest BCUT2D eigenvalue weighted by Crippen LogP contribution is 2.33. The van der Waals surface area contributed by atoms with E-state index in [-0.39, 0.29) is 11.8 Å². The number of Topliss-reactive ketones (excluding diaryl/α,β-unsaturated/α-hetero) is 1.